The molecule has 122 valence electrons. The Bertz CT molecular complexity index is 705. The molecule has 1 saturated heterocycles. The Balaban J connectivity index is 1.55. The van der Waals surface area contributed by atoms with Gasteiger partial charge in [-0.05, 0) is 18.9 Å². The average molecular weight is 332 g/mol. The molecular formula is C15H20N6OS. The highest BCUT2D eigenvalue weighted by Crippen LogP contribution is 2.29. The molecule has 0 aromatic carbocycles. The molecule has 2 aromatic heterocycles. The zero-order chi connectivity index (χ0) is 15.8. The van der Waals surface area contributed by atoms with E-state index in [0.717, 1.165) is 56.4 Å². The van der Waals surface area contributed by atoms with E-state index in [2.05, 4.69) is 19.8 Å². The van der Waals surface area contributed by atoms with E-state index in [4.69, 9.17) is 10.7 Å². The molecule has 0 saturated carbocycles. The van der Waals surface area contributed by atoms with Crippen molar-refractivity contribution in [2.45, 2.75) is 31.9 Å². The maximum atomic E-state index is 9.86. The first-order valence-electron chi connectivity index (χ1n) is 7.94. The van der Waals surface area contributed by atoms with Crippen LogP contribution in [0.3, 0.4) is 0 Å². The molecule has 2 aliphatic heterocycles. The fourth-order valence-corrected chi connectivity index (χ4v) is 4.11. The minimum atomic E-state index is -0.264. The van der Waals surface area contributed by atoms with Gasteiger partial charge < -0.3 is 20.6 Å². The Morgan fingerprint density at radius 3 is 3.04 bits per heavy atom. The summed E-state index contributed by atoms with van der Waals surface area (Å²) in [6, 6.07) is 1.92. The molecule has 1 atom stereocenters. The number of thiazole rings is 1. The van der Waals surface area contributed by atoms with Gasteiger partial charge in [0.2, 0.25) is 5.95 Å². The van der Waals surface area contributed by atoms with Crippen molar-refractivity contribution in [2.75, 3.05) is 35.2 Å². The molecule has 23 heavy (non-hydrogen) atoms. The van der Waals surface area contributed by atoms with Crippen LogP contribution < -0.4 is 15.5 Å². The Morgan fingerprint density at radius 1 is 1.26 bits per heavy atom. The molecule has 0 unspecified atom stereocenters. The number of aliphatic hydroxyl groups is 1. The molecule has 0 amide bonds. The van der Waals surface area contributed by atoms with Crippen LogP contribution in [0.5, 0.6) is 0 Å². The van der Waals surface area contributed by atoms with Crippen molar-refractivity contribution in [3.63, 3.8) is 0 Å². The third-order valence-corrected chi connectivity index (χ3v) is 5.29. The Hall–Kier alpha value is -1.93. The standard InChI is InChI=1S/C15H20N6OS/c16-14-18-11-4-7-21(9-12(11)23-14)15-17-5-3-13(19-15)20-6-1-2-10(22)8-20/h3,5,10,22H,1-2,4,6-9H2,(H2,16,18)/t10-/m1/s1. The van der Waals surface area contributed by atoms with Crippen molar-refractivity contribution in [3.05, 3.63) is 22.8 Å². The summed E-state index contributed by atoms with van der Waals surface area (Å²) in [6.45, 7) is 3.19. The normalized spacial score (nSPS) is 21.3. The maximum absolute atomic E-state index is 9.86. The minimum Gasteiger partial charge on any atom is -0.391 e. The van der Waals surface area contributed by atoms with E-state index in [1.54, 1.807) is 17.5 Å². The Kier molecular flexibility index (Phi) is 3.78. The van der Waals surface area contributed by atoms with Gasteiger partial charge in [-0.3, -0.25) is 0 Å². The molecule has 2 aromatic rings. The molecule has 2 aliphatic rings. The lowest BCUT2D eigenvalue weighted by atomic mass is 10.1. The van der Waals surface area contributed by atoms with E-state index in [9.17, 15) is 5.11 Å². The SMILES string of the molecule is Nc1nc2c(s1)CN(c1nccc(N3CCC[C@@H](O)C3)n1)CC2. The number of hydrogen-bond acceptors (Lipinski definition) is 8. The second kappa shape index (κ2) is 5.93. The highest BCUT2D eigenvalue weighted by molar-refractivity contribution is 7.15. The average Bonchev–Trinajstić information content (AvgIpc) is 2.94. The second-order valence-electron chi connectivity index (χ2n) is 6.05. The lowest BCUT2D eigenvalue weighted by Gasteiger charge is -2.32. The summed E-state index contributed by atoms with van der Waals surface area (Å²) in [7, 11) is 0. The van der Waals surface area contributed by atoms with Crippen molar-refractivity contribution >= 4 is 28.2 Å². The Labute approximate surface area is 138 Å². The van der Waals surface area contributed by atoms with Gasteiger partial charge in [0.05, 0.1) is 18.3 Å². The third-order valence-electron chi connectivity index (χ3n) is 4.38. The topological polar surface area (TPSA) is 91.4 Å². The number of nitrogens with two attached hydrogens (primary N) is 1. The molecular weight excluding hydrogens is 312 g/mol. The summed E-state index contributed by atoms with van der Waals surface area (Å²) in [6.07, 6.45) is 4.28. The van der Waals surface area contributed by atoms with Crippen LogP contribution in [0.2, 0.25) is 0 Å². The molecule has 0 aliphatic carbocycles. The number of nitrogens with zero attached hydrogens (tertiary/aromatic N) is 5. The van der Waals surface area contributed by atoms with Crippen LogP contribution >= 0.6 is 11.3 Å². The van der Waals surface area contributed by atoms with Crippen molar-refractivity contribution in [3.8, 4) is 0 Å². The molecule has 0 radical (unpaired) electrons. The second-order valence-corrected chi connectivity index (χ2v) is 7.17. The van der Waals surface area contributed by atoms with Gasteiger partial charge in [0.25, 0.3) is 0 Å². The number of aromatic nitrogens is 3. The number of hydrogen-bond donors (Lipinski definition) is 2. The minimum absolute atomic E-state index is 0.264. The number of anilines is 3. The van der Waals surface area contributed by atoms with Crippen LogP contribution in [-0.2, 0) is 13.0 Å². The van der Waals surface area contributed by atoms with Gasteiger partial charge in [0, 0.05) is 37.1 Å². The smallest absolute Gasteiger partial charge is 0.227 e. The van der Waals surface area contributed by atoms with Gasteiger partial charge in [-0.1, -0.05) is 0 Å². The predicted octanol–water partition coefficient (Wildman–Crippen LogP) is 1.04. The number of aliphatic hydroxyl groups excluding tert-OH is 1. The molecule has 7 nitrogen and oxygen atoms in total. The zero-order valence-electron chi connectivity index (χ0n) is 12.9. The van der Waals surface area contributed by atoms with Gasteiger partial charge >= 0.3 is 0 Å². The highest BCUT2D eigenvalue weighted by Gasteiger charge is 2.24. The van der Waals surface area contributed by atoms with Crippen molar-refractivity contribution in [1.29, 1.82) is 0 Å². The van der Waals surface area contributed by atoms with Gasteiger partial charge in [0.1, 0.15) is 5.82 Å². The largest absolute Gasteiger partial charge is 0.391 e. The fraction of sp³-hybridized carbons (Fsp3) is 0.533. The third kappa shape index (κ3) is 2.96. The fourth-order valence-electron chi connectivity index (χ4n) is 3.22. The first-order chi connectivity index (χ1) is 11.2. The van der Waals surface area contributed by atoms with E-state index < -0.39 is 0 Å². The number of β-amino-alcohol motifs (C(OH)–C–C–N with tert-alkyl or cyclic N) is 1. The monoisotopic (exact) mass is 332 g/mol. The van der Waals surface area contributed by atoms with E-state index >= 15 is 0 Å². The van der Waals surface area contributed by atoms with Crippen LogP contribution in [0.1, 0.15) is 23.4 Å². The lowest BCUT2D eigenvalue weighted by Crippen LogP contribution is -2.39. The summed E-state index contributed by atoms with van der Waals surface area (Å²) >= 11 is 1.55. The molecule has 3 N–H and O–H groups in total. The van der Waals surface area contributed by atoms with Gasteiger partial charge in [-0.2, -0.15) is 4.98 Å². The molecule has 1 fully saturated rings. The quantitative estimate of drug-likeness (QED) is 0.849. The molecule has 4 rings (SSSR count). The summed E-state index contributed by atoms with van der Waals surface area (Å²) in [5, 5.41) is 10.5. The maximum Gasteiger partial charge on any atom is 0.227 e. The molecule has 4 heterocycles. The summed E-state index contributed by atoms with van der Waals surface area (Å²) in [5.74, 6) is 1.63. The van der Waals surface area contributed by atoms with Crippen molar-refractivity contribution in [2.24, 2.45) is 0 Å². The van der Waals surface area contributed by atoms with Crippen LogP contribution in [0, 0.1) is 0 Å². The number of nitrogen functional groups attached to an aromatic ring is 1. The van der Waals surface area contributed by atoms with Gasteiger partial charge in [0.15, 0.2) is 5.13 Å². The van der Waals surface area contributed by atoms with E-state index in [1.165, 1.54) is 4.88 Å². The molecule has 8 heteroatoms. The number of fused-ring (bicyclic) bond motifs is 1. The highest BCUT2D eigenvalue weighted by atomic mass is 32.1. The number of rotatable bonds is 2. The summed E-state index contributed by atoms with van der Waals surface area (Å²) in [5.41, 5.74) is 6.91. The molecule has 0 bridgehead atoms. The number of piperidine rings is 1. The van der Waals surface area contributed by atoms with E-state index in [0.29, 0.717) is 11.7 Å². The van der Waals surface area contributed by atoms with Crippen molar-refractivity contribution in [1.82, 2.24) is 15.0 Å². The van der Waals surface area contributed by atoms with Crippen LogP contribution in [0.15, 0.2) is 12.3 Å². The first-order valence-corrected chi connectivity index (χ1v) is 8.76. The van der Waals surface area contributed by atoms with Crippen LogP contribution in [-0.4, -0.2) is 45.8 Å². The zero-order valence-corrected chi connectivity index (χ0v) is 13.7. The van der Waals surface area contributed by atoms with Crippen molar-refractivity contribution < 1.29 is 5.11 Å². The van der Waals surface area contributed by atoms with Gasteiger partial charge in [-0.25, -0.2) is 9.97 Å². The summed E-state index contributed by atoms with van der Waals surface area (Å²) < 4.78 is 0. The summed E-state index contributed by atoms with van der Waals surface area (Å²) in [4.78, 5) is 19.0. The van der Waals surface area contributed by atoms with E-state index in [-0.39, 0.29) is 6.10 Å². The molecule has 0 spiro atoms. The van der Waals surface area contributed by atoms with Crippen LogP contribution in [0.4, 0.5) is 16.9 Å². The Morgan fingerprint density at radius 2 is 2.17 bits per heavy atom. The van der Waals surface area contributed by atoms with Gasteiger partial charge in [-0.15, -0.1) is 11.3 Å². The van der Waals surface area contributed by atoms with E-state index in [1.807, 2.05) is 6.07 Å². The van der Waals surface area contributed by atoms with Crippen LogP contribution in [0.25, 0.3) is 0 Å². The predicted molar refractivity (Wildman–Crippen MR) is 90.8 cm³/mol. The lowest BCUT2D eigenvalue weighted by molar-refractivity contribution is 0.154. The first kappa shape index (κ1) is 14.6.